The van der Waals surface area contributed by atoms with Crippen LogP contribution in [0.15, 0.2) is 34.8 Å². The zero-order valence-corrected chi connectivity index (χ0v) is 16.4. The van der Waals surface area contributed by atoms with Crippen molar-refractivity contribution in [1.82, 2.24) is 10.0 Å². The summed E-state index contributed by atoms with van der Waals surface area (Å²) in [5.74, 6) is -0.107. The molecule has 0 amide bonds. The molecule has 2 aliphatic rings. The van der Waals surface area contributed by atoms with Crippen LogP contribution in [0.1, 0.15) is 30.7 Å². The monoisotopic (exact) mass is 384 g/mol. The van der Waals surface area contributed by atoms with E-state index in [1.807, 2.05) is 14.1 Å². The molecule has 0 saturated heterocycles. The van der Waals surface area contributed by atoms with Gasteiger partial charge >= 0.3 is 0 Å². The summed E-state index contributed by atoms with van der Waals surface area (Å²) >= 11 is 0. The third kappa shape index (κ3) is 2.94. The molecule has 148 valence electrons. The number of ketones is 1. The van der Waals surface area contributed by atoms with Crippen molar-refractivity contribution in [3.8, 4) is 23.3 Å². The summed E-state index contributed by atoms with van der Waals surface area (Å²) in [6, 6.07) is 5.42. The lowest BCUT2D eigenvalue weighted by Gasteiger charge is -2.42. The summed E-state index contributed by atoms with van der Waals surface area (Å²) in [6.07, 6.45) is 1.83. The molecule has 3 rings (SSSR count). The Hall–Kier alpha value is -3.18. The van der Waals surface area contributed by atoms with Crippen molar-refractivity contribution in [2.75, 3.05) is 28.3 Å². The molecule has 0 radical (unpaired) electrons. The van der Waals surface area contributed by atoms with Gasteiger partial charge in [-0.15, -0.1) is 0 Å². The summed E-state index contributed by atoms with van der Waals surface area (Å²) < 4.78 is 10.5. The van der Waals surface area contributed by atoms with Crippen LogP contribution in [0.5, 0.6) is 17.2 Å². The number of allylic oxidation sites excluding steroid dienone is 3. The van der Waals surface area contributed by atoms with E-state index >= 15 is 0 Å². The van der Waals surface area contributed by atoms with Crippen LogP contribution >= 0.6 is 0 Å². The van der Waals surface area contributed by atoms with Gasteiger partial charge in [-0.1, -0.05) is 0 Å². The van der Waals surface area contributed by atoms with E-state index in [-0.39, 0.29) is 34.4 Å². The van der Waals surface area contributed by atoms with Gasteiger partial charge in [0.2, 0.25) is 5.75 Å². The van der Waals surface area contributed by atoms with Crippen LogP contribution in [0.2, 0.25) is 0 Å². The number of ether oxygens (including phenoxy) is 2. The molecule has 1 aliphatic heterocycles. The first kappa shape index (κ1) is 19.6. The number of benzene rings is 1. The number of phenolic OH excluding ortho intramolecular Hbond substituents is 1. The maximum atomic E-state index is 12.9. The summed E-state index contributed by atoms with van der Waals surface area (Å²) in [7, 11) is 6.49. The van der Waals surface area contributed by atoms with Crippen LogP contribution in [-0.2, 0) is 4.79 Å². The van der Waals surface area contributed by atoms with E-state index in [1.165, 1.54) is 14.2 Å². The Morgan fingerprint density at radius 3 is 2.36 bits per heavy atom. The number of hydrazine groups is 1. The lowest BCUT2D eigenvalue weighted by Crippen LogP contribution is -2.45. The van der Waals surface area contributed by atoms with Gasteiger partial charge in [-0.05, 0) is 30.5 Å². The van der Waals surface area contributed by atoms with Crippen molar-refractivity contribution < 1.29 is 19.4 Å². The number of methoxy groups -OCH3 is 2. The summed E-state index contributed by atoms with van der Waals surface area (Å²) in [4.78, 5) is 12.9. The van der Waals surface area contributed by atoms with E-state index in [1.54, 1.807) is 22.2 Å². The predicted molar refractivity (Wildman–Crippen MR) is 102 cm³/mol. The number of phenols is 1. The van der Waals surface area contributed by atoms with Gasteiger partial charge in [0.05, 0.1) is 31.8 Å². The molecule has 28 heavy (non-hydrogen) atoms. The number of carbonyl (C=O) groups excluding carboxylic acids is 1. The van der Waals surface area contributed by atoms with Gasteiger partial charge in [-0.2, -0.15) is 5.26 Å². The first-order chi connectivity index (χ1) is 13.3. The third-order valence-electron chi connectivity index (χ3n) is 5.12. The van der Waals surface area contributed by atoms with Crippen LogP contribution in [0.25, 0.3) is 0 Å². The van der Waals surface area contributed by atoms with Gasteiger partial charge in [0.15, 0.2) is 17.3 Å². The summed E-state index contributed by atoms with van der Waals surface area (Å²) in [5, 5.41) is 23.6. The molecule has 3 N–H and O–H groups in total. The molecule has 1 atom stereocenters. The molecule has 0 spiro atoms. The largest absolute Gasteiger partial charge is 0.502 e. The summed E-state index contributed by atoms with van der Waals surface area (Å²) in [5.41, 5.74) is 8.61. The second kappa shape index (κ2) is 7.44. The van der Waals surface area contributed by atoms with Crippen molar-refractivity contribution in [1.29, 1.82) is 5.26 Å². The normalized spacial score (nSPS) is 19.6. The minimum absolute atomic E-state index is 0.00985. The van der Waals surface area contributed by atoms with Crippen molar-refractivity contribution in [2.45, 2.75) is 25.2 Å². The fraction of sp³-hybridized carbons (Fsp3) is 0.400. The Labute approximate surface area is 164 Å². The first-order valence-corrected chi connectivity index (χ1v) is 8.93. The minimum atomic E-state index is -0.646. The van der Waals surface area contributed by atoms with E-state index in [0.717, 1.165) is 12.1 Å². The van der Waals surface area contributed by atoms with Crippen molar-refractivity contribution in [3.05, 3.63) is 40.4 Å². The molecule has 1 unspecified atom stereocenters. The van der Waals surface area contributed by atoms with E-state index in [2.05, 4.69) is 6.07 Å². The van der Waals surface area contributed by atoms with Crippen molar-refractivity contribution >= 4 is 5.78 Å². The second-order valence-electron chi connectivity index (χ2n) is 6.91. The Bertz CT molecular complexity index is 902. The molecule has 1 aliphatic carbocycles. The molecule has 1 aromatic rings. The lowest BCUT2D eigenvalue weighted by atomic mass is 9.76. The molecule has 0 fully saturated rings. The maximum Gasteiger partial charge on any atom is 0.200 e. The number of rotatable bonds is 4. The highest BCUT2D eigenvalue weighted by atomic mass is 16.5. The topological polar surface area (TPSA) is 112 Å². The smallest absolute Gasteiger partial charge is 0.200 e. The second-order valence-corrected chi connectivity index (χ2v) is 6.91. The molecule has 8 nitrogen and oxygen atoms in total. The van der Waals surface area contributed by atoms with Crippen LogP contribution < -0.4 is 15.2 Å². The Morgan fingerprint density at radius 1 is 1.25 bits per heavy atom. The maximum absolute atomic E-state index is 12.9. The average Bonchev–Trinajstić information content (AvgIpc) is 2.67. The molecule has 8 heteroatoms. The van der Waals surface area contributed by atoms with Crippen LogP contribution in [0.4, 0.5) is 0 Å². The molecular formula is C20H24N4O4. The summed E-state index contributed by atoms with van der Waals surface area (Å²) in [6.45, 7) is 0. The number of nitrogens with two attached hydrogens (primary N) is 1. The lowest BCUT2D eigenvalue weighted by molar-refractivity contribution is -0.116. The Morgan fingerprint density at radius 2 is 1.86 bits per heavy atom. The standard InChI is InChI=1S/C20H24N4O4/c1-23(2)24-13-6-5-7-14(25)18(13)17(12(10-21)20(24)22)11-8-15(27-3)19(26)16(9-11)28-4/h8-9,17,26H,5-7,22H2,1-4H3. The van der Waals surface area contributed by atoms with Gasteiger partial charge in [0.1, 0.15) is 5.82 Å². The number of Topliss-reactive ketones (excluding diaryl/α,β-unsaturated/α-hetero) is 1. The molecule has 0 bridgehead atoms. The van der Waals surface area contributed by atoms with Crippen LogP contribution in [-0.4, -0.2) is 49.2 Å². The number of aromatic hydroxyl groups is 1. The highest BCUT2D eigenvalue weighted by Gasteiger charge is 2.41. The minimum Gasteiger partial charge on any atom is -0.502 e. The van der Waals surface area contributed by atoms with E-state index in [9.17, 15) is 15.2 Å². The van der Waals surface area contributed by atoms with Crippen LogP contribution in [0, 0.1) is 11.3 Å². The molecule has 1 heterocycles. The van der Waals surface area contributed by atoms with Crippen molar-refractivity contribution in [2.24, 2.45) is 5.73 Å². The molecule has 0 aromatic heterocycles. The number of hydrogen-bond donors (Lipinski definition) is 2. The van der Waals surface area contributed by atoms with Gasteiger partial charge < -0.3 is 20.3 Å². The number of hydrogen-bond acceptors (Lipinski definition) is 8. The highest BCUT2D eigenvalue weighted by molar-refractivity contribution is 5.99. The van der Waals surface area contributed by atoms with E-state index in [0.29, 0.717) is 24.0 Å². The highest BCUT2D eigenvalue weighted by Crippen LogP contribution is 2.48. The fourth-order valence-electron chi connectivity index (χ4n) is 3.94. The predicted octanol–water partition coefficient (Wildman–Crippen LogP) is 1.99. The molecule has 0 saturated carbocycles. The average molecular weight is 384 g/mol. The zero-order chi connectivity index (χ0) is 20.6. The zero-order valence-electron chi connectivity index (χ0n) is 16.4. The number of carbonyl (C=O) groups is 1. The van der Waals surface area contributed by atoms with Gasteiger partial charge in [0.25, 0.3) is 0 Å². The third-order valence-corrected chi connectivity index (χ3v) is 5.12. The Kier molecular flexibility index (Phi) is 5.21. The van der Waals surface area contributed by atoms with E-state index < -0.39 is 5.92 Å². The quantitative estimate of drug-likeness (QED) is 0.810. The fourth-order valence-corrected chi connectivity index (χ4v) is 3.94. The van der Waals surface area contributed by atoms with Crippen molar-refractivity contribution in [3.63, 3.8) is 0 Å². The van der Waals surface area contributed by atoms with Gasteiger partial charge in [-0.3, -0.25) is 9.80 Å². The van der Waals surface area contributed by atoms with E-state index in [4.69, 9.17) is 15.2 Å². The number of nitrogens with zero attached hydrogens (tertiary/aromatic N) is 3. The molecular weight excluding hydrogens is 360 g/mol. The first-order valence-electron chi connectivity index (χ1n) is 8.93. The number of nitriles is 1. The van der Waals surface area contributed by atoms with Gasteiger partial charge in [0, 0.05) is 31.8 Å². The molecule has 1 aromatic carbocycles. The Balaban J connectivity index is 2.31. The SMILES string of the molecule is COc1cc(C2C(C#N)=C(N)N(N(C)C)C3=C2C(=O)CCC3)cc(OC)c1O. The van der Waals surface area contributed by atoms with Gasteiger partial charge in [-0.25, -0.2) is 5.01 Å². The van der Waals surface area contributed by atoms with Crippen LogP contribution in [0.3, 0.4) is 0 Å².